The predicted molar refractivity (Wildman–Crippen MR) is 110 cm³/mol. The second-order valence-electron chi connectivity index (χ2n) is 7.24. The molecule has 4 rings (SSSR count). The highest BCUT2D eigenvalue weighted by Gasteiger charge is 2.23. The van der Waals surface area contributed by atoms with Crippen LogP contribution in [0.25, 0.3) is 21.8 Å². The Morgan fingerprint density at radius 1 is 1.24 bits per heavy atom. The Bertz CT molecular complexity index is 1260. The number of aromatic nitrogens is 4. The first kappa shape index (κ1) is 18.9. The molecule has 1 atom stereocenters. The Labute approximate surface area is 167 Å². The molecule has 0 spiro atoms. The van der Waals surface area contributed by atoms with Crippen LogP contribution in [0.1, 0.15) is 30.0 Å². The number of benzene rings is 1. The van der Waals surface area contributed by atoms with Crippen LogP contribution < -0.4 is 10.9 Å². The van der Waals surface area contributed by atoms with Crippen LogP contribution >= 0.6 is 0 Å². The van der Waals surface area contributed by atoms with Gasteiger partial charge in [-0.15, -0.1) is 0 Å². The molecule has 0 bridgehead atoms. The first-order valence-electron chi connectivity index (χ1n) is 9.54. The van der Waals surface area contributed by atoms with E-state index in [4.69, 9.17) is 4.52 Å². The molecule has 1 amide bonds. The van der Waals surface area contributed by atoms with E-state index in [0.29, 0.717) is 18.5 Å². The van der Waals surface area contributed by atoms with Crippen molar-refractivity contribution >= 4 is 27.7 Å². The molecule has 0 aliphatic rings. The summed E-state index contributed by atoms with van der Waals surface area (Å²) in [6.45, 7) is 6.01. The van der Waals surface area contributed by atoms with Crippen LogP contribution in [0.5, 0.6) is 0 Å². The van der Waals surface area contributed by atoms with E-state index in [2.05, 4.69) is 15.6 Å². The molecule has 29 heavy (non-hydrogen) atoms. The Morgan fingerprint density at radius 2 is 2.00 bits per heavy atom. The molecule has 150 valence electrons. The number of aryl methyl sites for hydroxylation is 3. The molecule has 0 aliphatic carbocycles. The molecular formula is C21H23N5O3. The minimum atomic E-state index is -0.558. The number of hydrogen-bond acceptors (Lipinski definition) is 5. The molecule has 1 N–H and O–H groups in total. The van der Waals surface area contributed by atoms with E-state index in [0.717, 1.165) is 33.3 Å². The lowest BCUT2D eigenvalue weighted by molar-refractivity contribution is -0.123. The Kier molecular flexibility index (Phi) is 4.70. The van der Waals surface area contributed by atoms with Crippen molar-refractivity contribution in [3.8, 4) is 0 Å². The monoisotopic (exact) mass is 393 g/mol. The number of fused-ring (bicyclic) bond motifs is 3. The zero-order valence-corrected chi connectivity index (χ0v) is 16.9. The number of nitrogens with zero attached hydrogens (tertiary/aromatic N) is 4. The van der Waals surface area contributed by atoms with E-state index in [1.165, 1.54) is 4.68 Å². The van der Waals surface area contributed by atoms with Crippen molar-refractivity contribution in [1.29, 1.82) is 0 Å². The van der Waals surface area contributed by atoms with Crippen molar-refractivity contribution in [1.82, 2.24) is 24.8 Å². The Hall–Kier alpha value is -3.42. The maximum absolute atomic E-state index is 12.9. The Balaban J connectivity index is 1.67. The van der Waals surface area contributed by atoms with Gasteiger partial charge in [-0.1, -0.05) is 23.4 Å². The van der Waals surface area contributed by atoms with Crippen molar-refractivity contribution in [3.05, 3.63) is 57.8 Å². The van der Waals surface area contributed by atoms with Crippen molar-refractivity contribution in [3.63, 3.8) is 0 Å². The molecule has 0 aliphatic heterocycles. The summed E-state index contributed by atoms with van der Waals surface area (Å²) >= 11 is 0. The summed E-state index contributed by atoms with van der Waals surface area (Å²) in [4.78, 5) is 25.7. The molecule has 1 unspecified atom stereocenters. The van der Waals surface area contributed by atoms with E-state index in [1.807, 2.05) is 38.1 Å². The fraction of sp³-hybridized carbons (Fsp3) is 0.333. The fourth-order valence-electron chi connectivity index (χ4n) is 3.82. The van der Waals surface area contributed by atoms with E-state index in [1.54, 1.807) is 24.7 Å². The quantitative estimate of drug-likeness (QED) is 0.562. The van der Waals surface area contributed by atoms with Crippen molar-refractivity contribution in [2.75, 3.05) is 6.54 Å². The first-order chi connectivity index (χ1) is 13.9. The van der Waals surface area contributed by atoms with Gasteiger partial charge in [-0.25, -0.2) is 4.68 Å². The van der Waals surface area contributed by atoms with Gasteiger partial charge in [0.2, 0.25) is 5.91 Å². The van der Waals surface area contributed by atoms with E-state index in [-0.39, 0.29) is 11.5 Å². The summed E-state index contributed by atoms with van der Waals surface area (Å²) in [5.41, 5.74) is 2.94. The molecule has 1 aromatic carbocycles. The summed E-state index contributed by atoms with van der Waals surface area (Å²) < 4.78 is 8.27. The van der Waals surface area contributed by atoms with Gasteiger partial charge in [0.05, 0.1) is 17.4 Å². The maximum atomic E-state index is 12.9. The lowest BCUT2D eigenvalue weighted by Crippen LogP contribution is -2.33. The lowest BCUT2D eigenvalue weighted by atomic mass is 10.1. The highest BCUT2D eigenvalue weighted by molar-refractivity contribution is 6.08. The minimum Gasteiger partial charge on any atom is -0.361 e. The fourth-order valence-corrected chi connectivity index (χ4v) is 3.82. The van der Waals surface area contributed by atoms with Crippen LogP contribution in [0, 0.1) is 13.8 Å². The SMILES string of the molecule is Cc1noc(C)c1CCNC(=O)C(C)n1c2ccccc2c2cnn(C)c(=O)c21. The zero-order chi connectivity index (χ0) is 20.7. The average molecular weight is 393 g/mol. The number of hydrogen-bond donors (Lipinski definition) is 1. The first-order valence-corrected chi connectivity index (χ1v) is 9.54. The summed E-state index contributed by atoms with van der Waals surface area (Å²) in [7, 11) is 1.61. The normalized spacial score (nSPS) is 12.6. The topological polar surface area (TPSA) is 94.9 Å². The summed E-state index contributed by atoms with van der Waals surface area (Å²) in [5, 5.41) is 12.7. The zero-order valence-electron chi connectivity index (χ0n) is 16.9. The summed E-state index contributed by atoms with van der Waals surface area (Å²) in [6.07, 6.45) is 2.32. The van der Waals surface area contributed by atoms with Gasteiger partial charge in [0, 0.05) is 29.9 Å². The molecule has 4 aromatic rings. The number of rotatable bonds is 5. The smallest absolute Gasteiger partial charge is 0.291 e. The van der Waals surface area contributed by atoms with Crippen LogP contribution in [-0.4, -0.2) is 32.0 Å². The molecule has 8 nitrogen and oxygen atoms in total. The number of nitrogens with one attached hydrogen (secondary N) is 1. The van der Waals surface area contributed by atoms with Crippen molar-refractivity contribution < 1.29 is 9.32 Å². The van der Waals surface area contributed by atoms with E-state index >= 15 is 0 Å². The van der Waals surface area contributed by atoms with Crippen LogP contribution in [0.2, 0.25) is 0 Å². The van der Waals surface area contributed by atoms with Gasteiger partial charge in [0.1, 0.15) is 17.3 Å². The highest BCUT2D eigenvalue weighted by atomic mass is 16.5. The third-order valence-electron chi connectivity index (χ3n) is 5.43. The molecule has 8 heteroatoms. The van der Waals surface area contributed by atoms with E-state index in [9.17, 15) is 9.59 Å². The van der Waals surface area contributed by atoms with Gasteiger partial charge in [-0.3, -0.25) is 9.59 Å². The number of carbonyl (C=O) groups excluding carboxylic acids is 1. The Morgan fingerprint density at radius 3 is 2.72 bits per heavy atom. The van der Waals surface area contributed by atoms with Gasteiger partial charge >= 0.3 is 0 Å². The maximum Gasteiger partial charge on any atom is 0.291 e. The molecule has 3 aromatic heterocycles. The van der Waals surface area contributed by atoms with Crippen LogP contribution in [0.4, 0.5) is 0 Å². The lowest BCUT2D eigenvalue weighted by Gasteiger charge is -2.16. The predicted octanol–water partition coefficient (Wildman–Crippen LogP) is 2.41. The van der Waals surface area contributed by atoms with Gasteiger partial charge in [0.25, 0.3) is 5.56 Å². The second kappa shape index (κ2) is 7.20. The standard InChI is InChI=1S/C21H23N5O3/c1-12-15(14(3)29-24-12)9-10-22-20(27)13(2)26-18-8-6-5-7-16(18)17-11-23-25(4)21(28)19(17)26/h5-8,11,13H,9-10H2,1-4H3,(H,22,27). The van der Waals surface area contributed by atoms with Crippen LogP contribution in [-0.2, 0) is 18.3 Å². The third-order valence-corrected chi connectivity index (χ3v) is 5.43. The van der Waals surface area contributed by atoms with Crippen molar-refractivity contribution in [2.45, 2.75) is 33.2 Å². The van der Waals surface area contributed by atoms with Crippen molar-refractivity contribution in [2.24, 2.45) is 7.05 Å². The molecule has 0 saturated carbocycles. The summed E-state index contributed by atoms with van der Waals surface area (Å²) in [6, 6.07) is 7.12. The van der Waals surface area contributed by atoms with Gasteiger partial charge < -0.3 is 14.4 Å². The highest BCUT2D eigenvalue weighted by Crippen LogP contribution is 2.29. The minimum absolute atomic E-state index is 0.154. The number of para-hydroxylation sites is 1. The molecule has 0 saturated heterocycles. The average Bonchev–Trinajstić information content (AvgIpc) is 3.22. The van der Waals surface area contributed by atoms with Gasteiger partial charge in [-0.05, 0) is 33.3 Å². The van der Waals surface area contributed by atoms with Crippen LogP contribution in [0.3, 0.4) is 0 Å². The summed E-state index contributed by atoms with van der Waals surface area (Å²) in [5.74, 6) is 0.612. The molecule has 3 heterocycles. The van der Waals surface area contributed by atoms with Gasteiger partial charge in [0.15, 0.2) is 0 Å². The van der Waals surface area contributed by atoms with Crippen LogP contribution in [0.15, 0.2) is 39.8 Å². The van der Waals surface area contributed by atoms with E-state index < -0.39 is 6.04 Å². The molecule has 0 fully saturated rings. The second-order valence-corrected chi connectivity index (χ2v) is 7.24. The number of carbonyl (C=O) groups is 1. The molecular weight excluding hydrogens is 370 g/mol. The number of amides is 1. The third kappa shape index (κ3) is 3.10. The van der Waals surface area contributed by atoms with Gasteiger partial charge in [-0.2, -0.15) is 5.10 Å². The molecule has 0 radical (unpaired) electrons. The largest absolute Gasteiger partial charge is 0.361 e.